The Hall–Kier alpha value is -0.560. The highest BCUT2D eigenvalue weighted by Gasteiger charge is 2.44. The minimum atomic E-state index is -3.17. The average molecular weight is 349 g/mol. The largest absolute Gasteiger partial charge is 0.390 e. The van der Waals surface area contributed by atoms with Crippen LogP contribution in [0.4, 0.5) is 8.78 Å². The number of alkyl halides is 2. The normalized spacial score (nSPS) is 19.1. The number of nitrogens with zero attached hydrogens (tertiary/aromatic N) is 1. The van der Waals surface area contributed by atoms with Gasteiger partial charge >= 0.3 is 0 Å². The molecule has 0 spiro atoms. The number of piperazine rings is 1. The van der Waals surface area contributed by atoms with Gasteiger partial charge < -0.3 is 10.4 Å². The molecular weight excluding hydrogens is 330 g/mol. The highest BCUT2D eigenvalue weighted by Crippen LogP contribution is 2.39. The van der Waals surface area contributed by atoms with Gasteiger partial charge in [0.1, 0.15) is 12.6 Å². The standard InChI is InChI=1S/C14H19BrF2N2O/c1-10-2-3-11(12(15)8-10)13(14(16,17)9-20)19-6-4-18-5-7-19/h2-3,8,13,18,20H,4-7,9H2,1H3/t13-/m1/s1. The van der Waals surface area contributed by atoms with Gasteiger partial charge in [0.2, 0.25) is 0 Å². The van der Waals surface area contributed by atoms with Gasteiger partial charge in [0.15, 0.2) is 0 Å². The zero-order valence-electron chi connectivity index (χ0n) is 11.4. The van der Waals surface area contributed by atoms with E-state index in [9.17, 15) is 8.78 Å². The molecule has 1 saturated heterocycles. The van der Waals surface area contributed by atoms with E-state index < -0.39 is 18.6 Å². The Bertz CT molecular complexity index is 464. The lowest BCUT2D eigenvalue weighted by Gasteiger charge is -2.39. The van der Waals surface area contributed by atoms with Gasteiger partial charge in [-0.15, -0.1) is 0 Å². The highest BCUT2D eigenvalue weighted by molar-refractivity contribution is 9.10. The predicted molar refractivity (Wildman–Crippen MR) is 78.1 cm³/mol. The third-order valence-corrected chi connectivity index (χ3v) is 4.26. The maximum Gasteiger partial charge on any atom is 0.289 e. The second kappa shape index (κ2) is 6.47. The first-order valence-corrected chi connectivity index (χ1v) is 7.44. The number of halogens is 3. The van der Waals surface area contributed by atoms with Crippen molar-refractivity contribution in [3.05, 3.63) is 33.8 Å². The Morgan fingerprint density at radius 3 is 2.60 bits per heavy atom. The number of rotatable bonds is 4. The number of aryl methyl sites for hydroxylation is 1. The SMILES string of the molecule is Cc1ccc([C@@H](N2CCNCC2)C(F)(F)CO)c(Br)c1. The fourth-order valence-electron chi connectivity index (χ4n) is 2.57. The summed E-state index contributed by atoms with van der Waals surface area (Å²) in [6, 6.07) is 4.26. The lowest BCUT2D eigenvalue weighted by Crippen LogP contribution is -2.51. The number of hydrogen-bond donors (Lipinski definition) is 2. The molecule has 0 unspecified atom stereocenters. The van der Waals surface area contributed by atoms with Crippen molar-refractivity contribution in [3.63, 3.8) is 0 Å². The molecule has 1 atom stereocenters. The van der Waals surface area contributed by atoms with Gasteiger partial charge in [0.05, 0.1) is 0 Å². The van der Waals surface area contributed by atoms with Crippen LogP contribution in [0.3, 0.4) is 0 Å². The van der Waals surface area contributed by atoms with Crippen molar-refractivity contribution in [3.8, 4) is 0 Å². The molecule has 1 aliphatic heterocycles. The summed E-state index contributed by atoms with van der Waals surface area (Å²) in [6.45, 7) is 3.21. The van der Waals surface area contributed by atoms with Gasteiger partial charge in [-0.05, 0) is 24.1 Å². The summed E-state index contributed by atoms with van der Waals surface area (Å²) in [4.78, 5) is 1.74. The molecular formula is C14H19BrF2N2O. The lowest BCUT2D eigenvalue weighted by molar-refractivity contribution is -0.118. The molecule has 0 saturated carbocycles. The molecule has 0 radical (unpaired) electrons. The number of aliphatic hydroxyl groups is 1. The molecule has 3 nitrogen and oxygen atoms in total. The van der Waals surface area contributed by atoms with Gasteiger partial charge in [0.25, 0.3) is 5.92 Å². The van der Waals surface area contributed by atoms with Crippen LogP contribution in [0.2, 0.25) is 0 Å². The highest BCUT2D eigenvalue weighted by atomic mass is 79.9. The Morgan fingerprint density at radius 2 is 2.05 bits per heavy atom. The quantitative estimate of drug-likeness (QED) is 0.876. The number of benzene rings is 1. The van der Waals surface area contributed by atoms with Crippen LogP contribution in [-0.4, -0.2) is 48.7 Å². The number of nitrogens with one attached hydrogen (secondary N) is 1. The van der Waals surface area contributed by atoms with Crippen molar-refractivity contribution in [1.82, 2.24) is 10.2 Å². The van der Waals surface area contributed by atoms with Crippen LogP contribution in [0.5, 0.6) is 0 Å². The first-order chi connectivity index (χ1) is 9.45. The van der Waals surface area contributed by atoms with E-state index in [0.29, 0.717) is 36.2 Å². The smallest absolute Gasteiger partial charge is 0.289 e. The van der Waals surface area contributed by atoms with Crippen LogP contribution in [0.15, 0.2) is 22.7 Å². The van der Waals surface area contributed by atoms with Crippen LogP contribution < -0.4 is 5.32 Å². The van der Waals surface area contributed by atoms with E-state index in [2.05, 4.69) is 21.2 Å². The second-order valence-corrected chi connectivity index (χ2v) is 5.99. The van der Waals surface area contributed by atoms with Crippen molar-refractivity contribution in [2.45, 2.75) is 18.9 Å². The van der Waals surface area contributed by atoms with Crippen molar-refractivity contribution in [2.75, 3.05) is 32.8 Å². The van der Waals surface area contributed by atoms with Gasteiger partial charge in [0, 0.05) is 30.7 Å². The monoisotopic (exact) mass is 348 g/mol. The molecule has 1 aromatic rings. The van der Waals surface area contributed by atoms with Crippen molar-refractivity contribution < 1.29 is 13.9 Å². The number of hydrogen-bond acceptors (Lipinski definition) is 3. The molecule has 1 aromatic carbocycles. The van der Waals surface area contributed by atoms with E-state index in [1.807, 2.05) is 19.1 Å². The van der Waals surface area contributed by atoms with E-state index >= 15 is 0 Å². The molecule has 6 heteroatoms. The first-order valence-electron chi connectivity index (χ1n) is 6.65. The van der Waals surface area contributed by atoms with Crippen LogP contribution in [0.1, 0.15) is 17.2 Å². The summed E-state index contributed by atoms with van der Waals surface area (Å²) in [7, 11) is 0. The Morgan fingerprint density at radius 1 is 1.40 bits per heavy atom. The van der Waals surface area contributed by atoms with Crippen LogP contribution >= 0.6 is 15.9 Å². The van der Waals surface area contributed by atoms with E-state index in [-0.39, 0.29) is 0 Å². The minimum absolute atomic E-state index is 0.525. The molecule has 1 fully saturated rings. The fourth-order valence-corrected chi connectivity index (χ4v) is 3.28. The third kappa shape index (κ3) is 3.36. The van der Waals surface area contributed by atoms with Crippen LogP contribution in [0, 0.1) is 6.92 Å². The zero-order valence-corrected chi connectivity index (χ0v) is 13.0. The third-order valence-electron chi connectivity index (χ3n) is 3.58. The van der Waals surface area contributed by atoms with E-state index in [1.54, 1.807) is 11.0 Å². The molecule has 1 aliphatic rings. The Balaban J connectivity index is 2.39. The number of aliphatic hydroxyl groups excluding tert-OH is 1. The Labute approximate surface area is 126 Å². The summed E-state index contributed by atoms with van der Waals surface area (Å²) in [5.41, 5.74) is 1.53. The molecule has 0 amide bonds. The van der Waals surface area contributed by atoms with Crippen molar-refractivity contribution in [1.29, 1.82) is 0 Å². The second-order valence-electron chi connectivity index (χ2n) is 5.13. The van der Waals surface area contributed by atoms with Crippen molar-refractivity contribution >= 4 is 15.9 Å². The predicted octanol–water partition coefficient (Wildman–Crippen LogP) is 2.33. The molecule has 2 N–H and O–H groups in total. The van der Waals surface area contributed by atoms with Crippen LogP contribution in [-0.2, 0) is 0 Å². The summed E-state index contributed by atoms with van der Waals surface area (Å²) < 4.78 is 29.1. The summed E-state index contributed by atoms with van der Waals surface area (Å²) in [6.07, 6.45) is 0. The van der Waals surface area contributed by atoms with Gasteiger partial charge in [-0.3, -0.25) is 4.90 Å². The maximum atomic E-state index is 14.2. The topological polar surface area (TPSA) is 35.5 Å². The van der Waals surface area contributed by atoms with Gasteiger partial charge in [-0.2, -0.15) is 0 Å². The zero-order chi connectivity index (χ0) is 14.8. The van der Waals surface area contributed by atoms with E-state index in [1.165, 1.54) is 0 Å². The minimum Gasteiger partial charge on any atom is -0.390 e. The lowest BCUT2D eigenvalue weighted by atomic mass is 9.97. The molecule has 0 aliphatic carbocycles. The van der Waals surface area contributed by atoms with E-state index in [0.717, 1.165) is 5.56 Å². The fraction of sp³-hybridized carbons (Fsp3) is 0.571. The maximum absolute atomic E-state index is 14.2. The molecule has 0 bridgehead atoms. The van der Waals surface area contributed by atoms with E-state index in [4.69, 9.17) is 5.11 Å². The summed E-state index contributed by atoms with van der Waals surface area (Å²) in [5, 5.41) is 12.2. The van der Waals surface area contributed by atoms with Gasteiger partial charge in [-0.25, -0.2) is 8.78 Å². The molecule has 2 rings (SSSR count). The Kier molecular flexibility index (Phi) is 5.12. The van der Waals surface area contributed by atoms with Crippen molar-refractivity contribution in [2.24, 2.45) is 0 Å². The summed E-state index contributed by atoms with van der Waals surface area (Å²) >= 11 is 3.38. The summed E-state index contributed by atoms with van der Waals surface area (Å²) in [5.74, 6) is -3.17. The van der Waals surface area contributed by atoms with Gasteiger partial charge in [-0.1, -0.05) is 28.1 Å². The van der Waals surface area contributed by atoms with Crippen LogP contribution in [0.25, 0.3) is 0 Å². The molecule has 0 aromatic heterocycles. The first kappa shape index (κ1) is 15.8. The molecule has 20 heavy (non-hydrogen) atoms. The molecule has 1 heterocycles. The molecule has 112 valence electrons. The average Bonchev–Trinajstić information content (AvgIpc) is 2.43.